The van der Waals surface area contributed by atoms with E-state index in [4.69, 9.17) is 0 Å². The molecule has 25 heavy (non-hydrogen) atoms. The summed E-state index contributed by atoms with van der Waals surface area (Å²) in [5.74, 6) is -1.61. The molecule has 0 aliphatic carbocycles. The molecule has 2 aliphatic heterocycles. The number of alkyl halides is 3. The van der Waals surface area contributed by atoms with Gasteiger partial charge in [-0.05, 0) is 30.9 Å². The predicted octanol–water partition coefficient (Wildman–Crippen LogP) is 2.82. The molecule has 9 heteroatoms. The van der Waals surface area contributed by atoms with Gasteiger partial charge < -0.3 is 5.32 Å². The highest BCUT2D eigenvalue weighted by Gasteiger charge is 2.40. The Morgan fingerprint density at radius 2 is 2.12 bits per heavy atom. The van der Waals surface area contributed by atoms with E-state index in [1.165, 1.54) is 12.3 Å². The number of halogens is 3. The SMILES string of the molecule is O=C(NC1CC2CCN1C2)c1cc2sc(C(=O)C(F)(F)F)cc2cn1. The third-order valence-corrected chi connectivity index (χ3v) is 5.82. The number of rotatable bonds is 3. The van der Waals surface area contributed by atoms with Gasteiger partial charge in [-0.15, -0.1) is 11.3 Å². The van der Waals surface area contributed by atoms with Crippen molar-refractivity contribution in [1.82, 2.24) is 15.2 Å². The lowest BCUT2D eigenvalue weighted by Gasteiger charge is -2.25. The van der Waals surface area contributed by atoms with Crippen LogP contribution >= 0.6 is 11.3 Å². The van der Waals surface area contributed by atoms with Crippen LogP contribution in [0.2, 0.25) is 0 Å². The predicted molar refractivity (Wildman–Crippen MR) is 85.6 cm³/mol. The first-order valence-corrected chi connectivity index (χ1v) is 8.69. The Labute approximate surface area is 144 Å². The van der Waals surface area contributed by atoms with Gasteiger partial charge in [0.25, 0.3) is 11.7 Å². The smallest absolute Gasteiger partial charge is 0.335 e. The molecule has 2 aromatic heterocycles. The maximum absolute atomic E-state index is 12.5. The molecule has 0 aromatic carbocycles. The Morgan fingerprint density at radius 1 is 1.32 bits per heavy atom. The van der Waals surface area contributed by atoms with Gasteiger partial charge in [-0.2, -0.15) is 13.2 Å². The van der Waals surface area contributed by atoms with E-state index in [2.05, 4.69) is 15.2 Å². The van der Waals surface area contributed by atoms with Crippen molar-refractivity contribution in [3.63, 3.8) is 0 Å². The number of ketones is 1. The number of fused-ring (bicyclic) bond motifs is 3. The summed E-state index contributed by atoms with van der Waals surface area (Å²) in [6, 6.07) is 2.59. The first-order valence-electron chi connectivity index (χ1n) is 7.87. The first kappa shape index (κ1) is 16.5. The molecule has 0 spiro atoms. The zero-order chi connectivity index (χ0) is 17.8. The Morgan fingerprint density at radius 3 is 2.76 bits per heavy atom. The van der Waals surface area contributed by atoms with Crippen LogP contribution in [0.3, 0.4) is 0 Å². The largest absolute Gasteiger partial charge is 0.455 e. The van der Waals surface area contributed by atoms with Crippen molar-refractivity contribution in [2.45, 2.75) is 25.2 Å². The van der Waals surface area contributed by atoms with Gasteiger partial charge in [0.15, 0.2) is 0 Å². The topological polar surface area (TPSA) is 62.3 Å². The molecule has 1 N–H and O–H groups in total. The summed E-state index contributed by atoms with van der Waals surface area (Å²) in [6.45, 7) is 1.96. The van der Waals surface area contributed by atoms with Crippen molar-refractivity contribution in [2.24, 2.45) is 5.92 Å². The quantitative estimate of drug-likeness (QED) is 0.846. The summed E-state index contributed by atoms with van der Waals surface area (Å²) >= 11 is 0.719. The molecule has 0 radical (unpaired) electrons. The van der Waals surface area contributed by atoms with E-state index in [-0.39, 0.29) is 17.8 Å². The number of piperidine rings is 1. The molecule has 3 unspecified atom stereocenters. The lowest BCUT2D eigenvalue weighted by molar-refractivity contribution is -0.0882. The molecule has 2 aromatic rings. The molecule has 2 aliphatic rings. The fraction of sp³-hybridized carbons (Fsp3) is 0.438. The number of thiophene rings is 1. The third-order valence-electron chi connectivity index (χ3n) is 4.73. The zero-order valence-electron chi connectivity index (χ0n) is 13.0. The molecule has 2 fully saturated rings. The molecule has 132 valence electrons. The summed E-state index contributed by atoms with van der Waals surface area (Å²) in [4.78, 5) is 29.6. The summed E-state index contributed by atoms with van der Waals surface area (Å²) in [5, 5.41) is 3.34. The number of Topliss-reactive ketones (excluding diaryl/α,β-unsaturated/α-hetero) is 1. The van der Waals surface area contributed by atoms with Gasteiger partial charge in [0.1, 0.15) is 5.69 Å². The van der Waals surface area contributed by atoms with Crippen molar-refractivity contribution in [2.75, 3.05) is 13.1 Å². The normalized spacial score (nSPS) is 25.5. The molecule has 4 heterocycles. The van der Waals surface area contributed by atoms with Crippen LogP contribution in [0.15, 0.2) is 18.3 Å². The minimum absolute atomic E-state index is 0.00514. The van der Waals surface area contributed by atoms with Gasteiger partial charge in [-0.1, -0.05) is 0 Å². The zero-order valence-corrected chi connectivity index (χ0v) is 13.8. The van der Waals surface area contributed by atoms with Crippen molar-refractivity contribution in [3.8, 4) is 0 Å². The Balaban J connectivity index is 1.54. The van der Waals surface area contributed by atoms with Crippen LogP contribution in [0.25, 0.3) is 10.1 Å². The van der Waals surface area contributed by atoms with Crippen LogP contribution in [-0.4, -0.2) is 47.0 Å². The highest BCUT2D eigenvalue weighted by molar-refractivity contribution is 7.20. The number of nitrogens with one attached hydrogen (secondary N) is 1. The standard InChI is InChI=1S/C16H14F3N3O2S/c17-16(18,19)14(23)12-4-9-6-20-10(5-11(9)25-12)15(24)21-13-3-8-1-2-22(13)7-8/h4-6,8,13H,1-3,7H2,(H,21,24). The number of amides is 1. The molecular weight excluding hydrogens is 355 g/mol. The van der Waals surface area contributed by atoms with Gasteiger partial charge in [0, 0.05) is 29.4 Å². The van der Waals surface area contributed by atoms with Crippen molar-refractivity contribution in [3.05, 3.63) is 28.9 Å². The monoisotopic (exact) mass is 369 g/mol. The van der Waals surface area contributed by atoms with Crippen LogP contribution < -0.4 is 5.32 Å². The summed E-state index contributed by atoms with van der Waals surface area (Å²) in [6.07, 6.45) is -1.52. The summed E-state index contributed by atoms with van der Waals surface area (Å²) in [7, 11) is 0. The number of nitrogens with zero attached hydrogens (tertiary/aromatic N) is 2. The number of hydrogen-bond acceptors (Lipinski definition) is 5. The van der Waals surface area contributed by atoms with Gasteiger partial charge >= 0.3 is 6.18 Å². The Hall–Kier alpha value is -2.00. The Kier molecular flexibility index (Phi) is 3.80. The third kappa shape index (κ3) is 3.02. The van der Waals surface area contributed by atoms with Gasteiger partial charge in [-0.3, -0.25) is 19.5 Å². The molecule has 5 nitrogen and oxygen atoms in total. The van der Waals surface area contributed by atoms with Crippen molar-refractivity contribution in [1.29, 1.82) is 0 Å². The summed E-state index contributed by atoms with van der Waals surface area (Å²) in [5.41, 5.74) is 0.143. The van der Waals surface area contributed by atoms with Crippen LogP contribution in [0.5, 0.6) is 0 Å². The molecule has 3 atom stereocenters. The molecule has 4 rings (SSSR count). The van der Waals surface area contributed by atoms with Crippen LogP contribution in [-0.2, 0) is 0 Å². The van der Waals surface area contributed by atoms with Gasteiger partial charge in [0.05, 0.1) is 11.0 Å². The van der Waals surface area contributed by atoms with Crippen LogP contribution in [0.4, 0.5) is 13.2 Å². The van der Waals surface area contributed by atoms with Gasteiger partial charge in [0.2, 0.25) is 0 Å². The average Bonchev–Trinajstić information content (AvgIpc) is 3.26. The van der Waals surface area contributed by atoms with Gasteiger partial charge in [-0.25, -0.2) is 0 Å². The maximum Gasteiger partial charge on any atom is 0.455 e. The van der Waals surface area contributed by atoms with Crippen molar-refractivity contribution >= 4 is 33.1 Å². The minimum atomic E-state index is -4.91. The molecule has 1 amide bonds. The maximum atomic E-state index is 12.5. The lowest BCUT2D eigenvalue weighted by Crippen LogP contribution is -2.45. The number of carbonyl (C=O) groups excluding carboxylic acids is 2. The van der Waals surface area contributed by atoms with E-state index < -0.39 is 16.8 Å². The second kappa shape index (κ2) is 5.77. The number of hydrogen-bond donors (Lipinski definition) is 1. The molecule has 2 bridgehead atoms. The number of carbonyl (C=O) groups is 2. The lowest BCUT2D eigenvalue weighted by atomic mass is 10.0. The second-order valence-corrected chi connectivity index (χ2v) is 7.50. The fourth-order valence-electron chi connectivity index (χ4n) is 3.49. The summed E-state index contributed by atoms with van der Waals surface area (Å²) < 4.78 is 38.1. The van der Waals surface area contributed by atoms with Crippen molar-refractivity contribution < 1.29 is 22.8 Å². The highest BCUT2D eigenvalue weighted by atomic mass is 32.1. The highest BCUT2D eigenvalue weighted by Crippen LogP contribution is 2.32. The fourth-order valence-corrected chi connectivity index (χ4v) is 4.52. The van der Waals surface area contributed by atoms with E-state index >= 15 is 0 Å². The average molecular weight is 369 g/mol. The van der Waals surface area contributed by atoms with E-state index in [9.17, 15) is 22.8 Å². The van der Waals surface area contributed by atoms with Crippen LogP contribution in [0.1, 0.15) is 33.0 Å². The molecule has 2 saturated heterocycles. The molecular formula is C16H14F3N3O2S. The Bertz CT molecular complexity index is 864. The van der Waals surface area contributed by atoms with Crippen LogP contribution in [0, 0.1) is 5.92 Å². The first-order chi connectivity index (χ1) is 11.8. The van der Waals surface area contributed by atoms with E-state index in [0.717, 1.165) is 43.3 Å². The van der Waals surface area contributed by atoms with E-state index in [1.54, 1.807) is 0 Å². The van der Waals surface area contributed by atoms with E-state index in [1.807, 2.05) is 0 Å². The second-order valence-electron chi connectivity index (χ2n) is 6.42. The molecule has 0 saturated carbocycles. The number of pyridine rings is 1. The minimum Gasteiger partial charge on any atom is -0.335 e. The number of aromatic nitrogens is 1. The van der Waals surface area contributed by atoms with E-state index in [0.29, 0.717) is 16.0 Å².